The Hall–Kier alpha value is 0.727. The molecule has 0 saturated carbocycles. The Labute approximate surface area is 89.2 Å². The van der Waals surface area contributed by atoms with Crippen molar-refractivity contribution in [3.05, 3.63) is 0 Å². The van der Waals surface area contributed by atoms with Gasteiger partial charge in [0.1, 0.15) is 0 Å². The molecular formula is H2NNi2O7S2+. The Morgan fingerprint density at radius 3 is 0.833 bits per heavy atom. The van der Waals surface area contributed by atoms with E-state index in [9.17, 15) is 0 Å². The number of hydrogen-bond donors (Lipinski definition) is 1. The van der Waals surface area contributed by atoms with E-state index < -0.39 is 20.7 Å². The van der Waals surface area contributed by atoms with Crippen LogP contribution < -0.4 is 5.14 Å². The van der Waals surface area contributed by atoms with Gasteiger partial charge in [0.15, 0.2) is 10.3 Å². The van der Waals surface area contributed by atoms with Crippen molar-refractivity contribution in [1.29, 1.82) is 0 Å². The summed E-state index contributed by atoms with van der Waals surface area (Å²) in [5.74, 6) is 0. The first-order chi connectivity index (χ1) is 4.00. The molecule has 0 spiro atoms. The maximum absolute atomic E-state index is 8.85. The fraction of sp³-hybridized carbons (Fsp3) is 0. The van der Waals surface area contributed by atoms with Crippen LogP contribution in [0.5, 0.6) is 0 Å². The molecule has 80 valence electrons. The first-order valence-corrected chi connectivity index (χ1v) is 4.21. The van der Waals surface area contributed by atoms with Gasteiger partial charge in [0, 0.05) is 10.4 Å². The summed E-state index contributed by atoms with van der Waals surface area (Å²) in [7, 11) is -9.58. The van der Waals surface area contributed by atoms with Crippen LogP contribution in [0, 0.1) is 0 Å². The molecule has 0 aliphatic heterocycles. The van der Waals surface area contributed by atoms with Crippen LogP contribution in [-0.4, -0.2) is 30.5 Å². The molecule has 0 atom stereocenters. The van der Waals surface area contributed by atoms with Gasteiger partial charge >= 0.3 is 33.0 Å². The van der Waals surface area contributed by atoms with Gasteiger partial charge in [-0.05, 0) is 0 Å². The van der Waals surface area contributed by atoms with Gasteiger partial charge in [-0.25, -0.2) is 13.6 Å². The second kappa shape index (κ2) is 8.33. The molecule has 0 aromatic rings. The maximum Gasteiger partial charge on any atom is 2.00 e. The van der Waals surface area contributed by atoms with Crippen molar-refractivity contribution >= 4 is 20.7 Å². The Balaban J connectivity index is -0.0000000457. The molecule has 0 radical (unpaired) electrons. The minimum atomic E-state index is -5.17. The quantitative estimate of drug-likeness (QED) is 0.284. The van der Waals surface area contributed by atoms with Gasteiger partial charge in [-0.2, -0.15) is 0 Å². The molecule has 0 saturated heterocycles. The second-order valence-electron chi connectivity index (χ2n) is 0.901. The van der Waals surface area contributed by atoms with Crippen LogP contribution in [-0.2, 0) is 53.7 Å². The number of nitrogens with two attached hydrogens (primary N) is 1. The van der Waals surface area contributed by atoms with Crippen molar-refractivity contribution in [2.24, 2.45) is 5.14 Å². The van der Waals surface area contributed by atoms with E-state index in [2.05, 4.69) is 5.14 Å². The fourth-order valence-electron chi connectivity index (χ4n) is 0. The summed E-state index contributed by atoms with van der Waals surface area (Å²) in [5.41, 5.74) is 0. The molecule has 8 nitrogen and oxygen atoms in total. The van der Waals surface area contributed by atoms with Gasteiger partial charge in [0.25, 0.3) is 0 Å². The molecule has 0 fully saturated rings. The van der Waals surface area contributed by atoms with Crippen LogP contribution in [0.15, 0.2) is 0 Å². The Morgan fingerprint density at radius 1 is 0.833 bits per heavy atom. The molecule has 12 heavy (non-hydrogen) atoms. The monoisotopic (exact) mass is 308 g/mol. The standard InChI is InChI=1S/H3NO3S.2Ni.H2O4S/c1-5(2,3)4;;;1-5(2,3)4/h(H3,1,2,3,4);;;(H2,1,2,3,4)/q;2*+2;/p-3. The first-order valence-electron chi connectivity index (χ1n) is 1.40. The summed E-state index contributed by atoms with van der Waals surface area (Å²) in [4.78, 5) is 0. The Bertz CT molecular complexity index is 216. The number of rotatable bonds is 0. The minimum absolute atomic E-state index is 0. The maximum atomic E-state index is 8.85. The summed E-state index contributed by atoms with van der Waals surface area (Å²) >= 11 is 0. The smallest absolute Gasteiger partial charge is 0.759 e. The van der Waals surface area contributed by atoms with Crippen LogP contribution >= 0.6 is 0 Å². The molecule has 0 aliphatic rings. The average molecular weight is 310 g/mol. The zero-order chi connectivity index (χ0) is 9.00. The summed E-state index contributed by atoms with van der Waals surface area (Å²) in [5, 5.41) is 3.77. The van der Waals surface area contributed by atoms with E-state index in [1.165, 1.54) is 0 Å². The summed E-state index contributed by atoms with van der Waals surface area (Å²) in [6, 6.07) is 0. The van der Waals surface area contributed by atoms with Crippen LogP contribution in [0.4, 0.5) is 0 Å². The largest absolute Gasteiger partial charge is 2.00 e. The van der Waals surface area contributed by atoms with Crippen molar-refractivity contribution in [1.82, 2.24) is 0 Å². The molecule has 2 N–H and O–H groups in total. The zero-order valence-electron chi connectivity index (χ0n) is 4.88. The van der Waals surface area contributed by atoms with Gasteiger partial charge in [-0.1, -0.05) is 0 Å². The molecule has 0 unspecified atom stereocenters. The summed E-state index contributed by atoms with van der Waals surface area (Å²) in [6.45, 7) is 0. The molecule has 0 aromatic heterocycles. The van der Waals surface area contributed by atoms with Gasteiger partial charge in [0.2, 0.25) is 0 Å². The number of hydrogen-bond acceptors (Lipinski definition) is 7. The molecular weight excluding hydrogens is 308 g/mol. The molecule has 0 aromatic carbocycles. The molecule has 0 bridgehead atoms. The first kappa shape index (κ1) is 23.0. The second-order valence-corrected chi connectivity index (χ2v) is 2.70. The predicted octanol–water partition coefficient (Wildman–Crippen LogP) is -2.94. The van der Waals surface area contributed by atoms with E-state index in [0.29, 0.717) is 0 Å². The molecule has 12 heteroatoms. The van der Waals surface area contributed by atoms with E-state index in [1.54, 1.807) is 0 Å². The van der Waals surface area contributed by atoms with Crippen molar-refractivity contribution in [3.8, 4) is 0 Å². The summed E-state index contributed by atoms with van der Waals surface area (Å²) in [6.07, 6.45) is 0. The molecule has 0 heterocycles. The van der Waals surface area contributed by atoms with Gasteiger partial charge in [-0.15, -0.1) is 0 Å². The third-order valence-corrected chi connectivity index (χ3v) is 0. The fourth-order valence-corrected chi connectivity index (χ4v) is 0. The van der Waals surface area contributed by atoms with Crippen molar-refractivity contribution in [2.75, 3.05) is 0 Å². The van der Waals surface area contributed by atoms with Crippen LogP contribution in [0.1, 0.15) is 0 Å². The normalized spacial score (nSPS) is 9.67. The SMILES string of the molecule is NS(=O)(=O)[O-].O=S(=O)([O-])[O-].[Ni+2].[Ni+2]. The van der Waals surface area contributed by atoms with Gasteiger partial charge in [-0.3, -0.25) is 8.42 Å². The minimum Gasteiger partial charge on any atom is -0.759 e. The van der Waals surface area contributed by atoms with Crippen LogP contribution in [0.25, 0.3) is 0 Å². The third kappa shape index (κ3) is 1920. The molecule has 0 aliphatic carbocycles. The topological polar surface area (TPSA) is 163 Å². The van der Waals surface area contributed by atoms with E-state index in [1.807, 2.05) is 0 Å². The van der Waals surface area contributed by atoms with E-state index in [0.717, 1.165) is 0 Å². The van der Waals surface area contributed by atoms with Crippen molar-refractivity contribution in [3.63, 3.8) is 0 Å². The van der Waals surface area contributed by atoms with Gasteiger partial charge < -0.3 is 13.7 Å². The molecule has 0 amide bonds. The molecule has 0 rings (SSSR count). The third-order valence-electron chi connectivity index (χ3n) is 0. The van der Waals surface area contributed by atoms with E-state index in [-0.39, 0.29) is 33.0 Å². The Kier molecular flexibility index (Phi) is 16.0. The predicted molar refractivity (Wildman–Crippen MR) is 24.4 cm³/mol. The van der Waals surface area contributed by atoms with Crippen molar-refractivity contribution in [2.45, 2.75) is 0 Å². The van der Waals surface area contributed by atoms with Gasteiger partial charge in [0.05, 0.1) is 0 Å². The van der Waals surface area contributed by atoms with E-state index in [4.69, 9.17) is 30.5 Å². The average Bonchev–Trinajstić information content (AvgIpc) is 1.12. The summed E-state index contributed by atoms with van der Waals surface area (Å²) < 4.78 is 60.6. The Morgan fingerprint density at radius 2 is 0.833 bits per heavy atom. The zero-order valence-corrected chi connectivity index (χ0v) is 8.49. The van der Waals surface area contributed by atoms with Crippen molar-refractivity contribution < 1.29 is 63.5 Å². The van der Waals surface area contributed by atoms with Crippen LogP contribution in [0.3, 0.4) is 0 Å². The van der Waals surface area contributed by atoms with Crippen LogP contribution in [0.2, 0.25) is 0 Å². The van der Waals surface area contributed by atoms with E-state index >= 15 is 0 Å².